The first-order chi connectivity index (χ1) is 12.9. The zero-order valence-electron chi connectivity index (χ0n) is 15.5. The molecule has 7 heteroatoms. The lowest BCUT2D eigenvalue weighted by Crippen LogP contribution is -2.38. The third kappa shape index (κ3) is 3.91. The molecule has 0 saturated carbocycles. The summed E-state index contributed by atoms with van der Waals surface area (Å²) in [6, 6.07) is 3.94. The van der Waals surface area contributed by atoms with E-state index in [4.69, 9.17) is 22.1 Å². The molecule has 1 aliphatic heterocycles. The number of halogens is 1. The van der Waals surface area contributed by atoms with E-state index in [2.05, 4.69) is 30.2 Å². The molecule has 0 amide bonds. The summed E-state index contributed by atoms with van der Waals surface area (Å²) >= 11 is 6.42. The van der Waals surface area contributed by atoms with Gasteiger partial charge < -0.3 is 15.8 Å². The number of Topliss-reactive ketones (excluding diaryl/α,β-unsaturated/α-hetero) is 1. The molecule has 6 nitrogen and oxygen atoms in total. The van der Waals surface area contributed by atoms with Crippen molar-refractivity contribution in [1.29, 1.82) is 5.26 Å². The van der Waals surface area contributed by atoms with Crippen LogP contribution < -0.4 is 11.1 Å². The Morgan fingerprint density at radius 2 is 2.26 bits per heavy atom. The van der Waals surface area contributed by atoms with Crippen LogP contribution in [0, 0.1) is 16.7 Å². The number of nitrogens with one attached hydrogen (secondary N) is 1. The van der Waals surface area contributed by atoms with Crippen LogP contribution in [0.2, 0.25) is 5.02 Å². The van der Waals surface area contributed by atoms with E-state index in [0.717, 1.165) is 5.70 Å². The Balaban J connectivity index is 2.14. The van der Waals surface area contributed by atoms with E-state index in [0.29, 0.717) is 53.4 Å². The largest absolute Gasteiger partial charge is 0.374 e. The summed E-state index contributed by atoms with van der Waals surface area (Å²) in [5.74, 6) is -0.499. The van der Waals surface area contributed by atoms with Crippen molar-refractivity contribution in [2.24, 2.45) is 11.1 Å². The first-order valence-electron chi connectivity index (χ1n) is 8.91. The Morgan fingerprint density at radius 1 is 1.48 bits per heavy atom. The number of allylic oxidation sites excluding steroid dienone is 3. The number of hydrogen-bond donors (Lipinski definition) is 2. The average molecular weight is 387 g/mol. The number of ether oxygens (including phenoxy) is 1. The van der Waals surface area contributed by atoms with E-state index in [1.54, 1.807) is 18.5 Å². The summed E-state index contributed by atoms with van der Waals surface area (Å²) in [5, 5.41) is 13.7. The third-order valence-corrected chi connectivity index (χ3v) is 5.20. The molecule has 0 saturated heterocycles. The van der Waals surface area contributed by atoms with Gasteiger partial charge in [0, 0.05) is 47.2 Å². The monoisotopic (exact) mass is 386 g/mol. The summed E-state index contributed by atoms with van der Waals surface area (Å²) in [4.78, 5) is 17.2. The van der Waals surface area contributed by atoms with Crippen molar-refractivity contribution in [2.75, 3.05) is 19.8 Å². The highest BCUT2D eigenvalue weighted by Crippen LogP contribution is 2.47. The van der Waals surface area contributed by atoms with Gasteiger partial charge in [-0.05, 0) is 17.9 Å². The minimum absolute atomic E-state index is 0.0355. The van der Waals surface area contributed by atoms with E-state index in [1.165, 1.54) is 0 Å². The van der Waals surface area contributed by atoms with Crippen molar-refractivity contribution in [3.8, 4) is 6.07 Å². The number of nitrogens with zero attached hydrogens (tertiary/aromatic N) is 2. The van der Waals surface area contributed by atoms with Crippen LogP contribution in [0.3, 0.4) is 0 Å². The summed E-state index contributed by atoms with van der Waals surface area (Å²) in [6.45, 7) is 5.14. The molecule has 2 heterocycles. The van der Waals surface area contributed by atoms with E-state index in [9.17, 15) is 10.1 Å². The van der Waals surface area contributed by atoms with Gasteiger partial charge >= 0.3 is 0 Å². The number of pyridine rings is 1. The van der Waals surface area contributed by atoms with Crippen LogP contribution in [0.15, 0.2) is 41.0 Å². The summed E-state index contributed by atoms with van der Waals surface area (Å²) in [6.07, 6.45) is 4.36. The van der Waals surface area contributed by atoms with Gasteiger partial charge in [0.05, 0.1) is 36.5 Å². The van der Waals surface area contributed by atoms with Gasteiger partial charge in [-0.2, -0.15) is 5.26 Å². The second-order valence-corrected chi connectivity index (χ2v) is 8.04. The van der Waals surface area contributed by atoms with Gasteiger partial charge in [0.2, 0.25) is 0 Å². The minimum Gasteiger partial charge on any atom is -0.374 e. The van der Waals surface area contributed by atoms with Crippen LogP contribution >= 0.6 is 11.6 Å². The Kier molecular flexibility index (Phi) is 5.66. The van der Waals surface area contributed by atoms with Gasteiger partial charge in [-0.25, -0.2) is 0 Å². The van der Waals surface area contributed by atoms with Crippen LogP contribution in [0.1, 0.15) is 38.2 Å². The van der Waals surface area contributed by atoms with Gasteiger partial charge in [0.1, 0.15) is 0 Å². The molecule has 1 aromatic heterocycles. The molecule has 0 spiro atoms. The lowest BCUT2D eigenvalue weighted by molar-refractivity contribution is -0.118. The van der Waals surface area contributed by atoms with Crippen molar-refractivity contribution in [3.63, 3.8) is 0 Å². The number of rotatable bonds is 5. The topological polar surface area (TPSA) is 101 Å². The van der Waals surface area contributed by atoms with Gasteiger partial charge in [-0.15, -0.1) is 0 Å². The smallest absolute Gasteiger partial charge is 0.162 e. The molecular formula is C20H23ClN4O2. The summed E-state index contributed by atoms with van der Waals surface area (Å²) in [5.41, 5.74) is 8.56. The molecule has 0 radical (unpaired) electrons. The highest BCUT2D eigenvalue weighted by molar-refractivity contribution is 6.31. The fourth-order valence-corrected chi connectivity index (χ4v) is 3.98. The molecule has 1 unspecified atom stereocenters. The third-order valence-electron chi connectivity index (χ3n) is 4.86. The van der Waals surface area contributed by atoms with Crippen LogP contribution in [0.5, 0.6) is 0 Å². The number of nitrogens with two attached hydrogens (primary N) is 1. The van der Waals surface area contributed by atoms with Crippen LogP contribution in [-0.2, 0) is 9.53 Å². The number of dihydropyridines is 1. The van der Waals surface area contributed by atoms with Crippen molar-refractivity contribution >= 4 is 17.4 Å². The van der Waals surface area contributed by atoms with Crippen LogP contribution in [0.4, 0.5) is 0 Å². The molecule has 2 aliphatic rings. The number of aromatic nitrogens is 1. The molecule has 1 aromatic rings. The predicted molar refractivity (Wildman–Crippen MR) is 103 cm³/mol. The molecule has 0 bridgehead atoms. The number of carbonyl (C=O) groups is 1. The molecule has 3 rings (SSSR count). The molecule has 27 heavy (non-hydrogen) atoms. The standard InChI is InChI=1S/C20H23ClN4O2/c1-20(2)7-15-19(17(26)8-20)18(13-10-24-5-3-14(13)21)12(9-23)16(25-15)11-27-6-4-22/h3,5,10,18,25H,4,6-8,11,22H2,1-2H3. The average Bonchev–Trinajstić information content (AvgIpc) is 2.60. The molecule has 0 aromatic carbocycles. The van der Waals surface area contributed by atoms with Gasteiger partial charge in [0.25, 0.3) is 0 Å². The summed E-state index contributed by atoms with van der Waals surface area (Å²) in [7, 11) is 0. The fraction of sp³-hybridized carbons (Fsp3) is 0.450. The normalized spacial score (nSPS) is 21.6. The Morgan fingerprint density at radius 3 is 2.93 bits per heavy atom. The van der Waals surface area contributed by atoms with E-state index in [-0.39, 0.29) is 17.8 Å². The zero-order chi connectivity index (χ0) is 19.6. The highest BCUT2D eigenvalue weighted by atomic mass is 35.5. The Bertz CT molecular complexity index is 867. The number of hydrogen-bond acceptors (Lipinski definition) is 6. The van der Waals surface area contributed by atoms with Crippen LogP contribution in [0.25, 0.3) is 0 Å². The lowest BCUT2D eigenvalue weighted by Gasteiger charge is -2.39. The van der Waals surface area contributed by atoms with Crippen molar-refractivity contribution in [3.05, 3.63) is 51.6 Å². The zero-order valence-corrected chi connectivity index (χ0v) is 16.3. The van der Waals surface area contributed by atoms with E-state index in [1.807, 2.05) is 0 Å². The highest BCUT2D eigenvalue weighted by Gasteiger charge is 2.42. The van der Waals surface area contributed by atoms with Gasteiger partial charge in [-0.1, -0.05) is 25.4 Å². The lowest BCUT2D eigenvalue weighted by atomic mass is 9.69. The maximum atomic E-state index is 13.0. The minimum atomic E-state index is -0.535. The van der Waals surface area contributed by atoms with E-state index < -0.39 is 5.92 Å². The molecule has 142 valence electrons. The number of ketones is 1. The Labute approximate surface area is 164 Å². The number of carbonyl (C=O) groups excluding carboxylic acids is 1. The first-order valence-corrected chi connectivity index (χ1v) is 9.29. The quantitative estimate of drug-likeness (QED) is 0.754. The fourth-order valence-electron chi connectivity index (χ4n) is 3.77. The maximum Gasteiger partial charge on any atom is 0.162 e. The molecule has 1 atom stereocenters. The maximum absolute atomic E-state index is 13.0. The predicted octanol–water partition coefficient (Wildman–Crippen LogP) is 2.82. The Hall–Kier alpha value is -2.20. The molecular weight excluding hydrogens is 364 g/mol. The summed E-state index contributed by atoms with van der Waals surface area (Å²) < 4.78 is 5.57. The van der Waals surface area contributed by atoms with Crippen molar-refractivity contribution < 1.29 is 9.53 Å². The van der Waals surface area contributed by atoms with Crippen LogP contribution in [-0.4, -0.2) is 30.5 Å². The van der Waals surface area contributed by atoms with Gasteiger partial charge in [0.15, 0.2) is 5.78 Å². The first kappa shape index (κ1) is 19.6. The van der Waals surface area contributed by atoms with E-state index >= 15 is 0 Å². The molecule has 1 aliphatic carbocycles. The molecule has 0 fully saturated rings. The second kappa shape index (κ2) is 7.81. The molecule has 3 N–H and O–H groups in total. The SMILES string of the molecule is CC1(C)CC(=O)C2=C(C1)NC(COCCN)=C(C#N)C2c1cnccc1Cl. The number of nitriles is 1. The van der Waals surface area contributed by atoms with Crippen molar-refractivity contribution in [2.45, 2.75) is 32.6 Å². The second-order valence-electron chi connectivity index (χ2n) is 7.63. The van der Waals surface area contributed by atoms with Gasteiger partial charge in [-0.3, -0.25) is 9.78 Å². The van der Waals surface area contributed by atoms with Crippen molar-refractivity contribution in [1.82, 2.24) is 10.3 Å².